The fraction of sp³-hybridized carbons (Fsp3) is 0.620. The zero-order chi connectivity index (χ0) is 55.7. The van der Waals surface area contributed by atoms with Gasteiger partial charge in [0.1, 0.15) is 13.2 Å². The SMILES string of the molecule is CC/C=C\C/C=C\C/C=C\C/C=C\C/C=C\C/C=C\CCCCCCCCCCC(=O)OCC(COC(=O)CCCCCCC/C=C\CCCC)OC(=O)CCCCCCC/C=C\C/C=C\C/C=C\C/C=C\C/C=C\CC. The van der Waals surface area contributed by atoms with Gasteiger partial charge in [0.05, 0.1) is 0 Å². The average Bonchev–Trinajstić information content (AvgIpc) is 3.43. The van der Waals surface area contributed by atoms with Crippen LogP contribution in [0, 0.1) is 0 Å². The van der Waals surface area contributed by atoms with E-state index in [1.165, 1.54) is 57.8 Å². The molecule has 0 N–H and O–H groups in total. The number of allylic oxidation sites excluding steroid dienone is 24. The molecule has 0 aliphatic carbocycles. The third kappa shape index (κ3) is 62.0. The number of hydrogen-bond acceptors (Lipinski definition) is 6. The number of carbonyl (C=O) groups excluding carboxylic acids is 3. The Labute approximate surface area is 474 Å². The molecular formula is C71H114O6. The molecule has 77 heavy (non-hydrogen) atoms. The Balaban J connectivity index is 4.37. The van der Waals surface area contributed by atoms with E-state index in [-0.39, 0.29) is 31.1 Å². The van der Waals surface area contributed by atoms with Crippen LogP contribution >= 0.6 is 0 Å². The molecule has 0 rings (SSSR count). The van der Waals surface area contributed by atoms with Crippen molar-refractivity contribution in [3.63, 3.8) is 0 Å². The van der Waals surface area contributed by atoms with Gasteiger partial charge in [-0.05, 0) is 135 Å². The molecule has 6 nitrogen and oxygen atoms in total. The van der Waals surface area contributed by atoms with E-state index in [9.17, 15) is 14.4 Å². The van der Waals surface area contributed by atoms with E-state index in [1.807, 2.05) is 0 Å². The highest BCUT2D eigenvalue weighted by atomic mass is 16.6. The summed E-state index contributed by atoms with van der Waals surface area (Å²) in [5.41, 5.74) is 0. The molecular weight excluding hydrogens is 949 g/mol. The summed E-state index contributed by atoms with van der Waals surface area (Å²) in [6.07, 6.45) is 91.3. The minimum Gasteiger partial charge on any atom is -0.462 e. The molecule has 0 aromatic carbocycles. The highest BCUT2D eigenvalue weighted by Gasteiger charge is 2.19. The van der Waals surface area contributed by atoms with Crippen molar-refractivity contribution in [2.75, 3.05) is 13.2 Å². The zero-order valence-corrected chi connectivity index (χ0v) is 49.7. The normalized spacial score (nSPS) is 13.1. The molecule has 0 aliphatic rings. The third-order valence-corrected chi connectivity index (χ3v) is 12.8. The van der Waals surface area contributed by atoms with E-state index in [0.29, 0.717) is 19.3 Å². The van der Waals surface area contributed by atoms with Crippen molar-refractivity contribution in [3.05, 3.63) is 146 Å². The lowest BCUT2D eigenvalue weighted by molar-refractivity contribution is -0.167. The summed E-state index contributed by atoms with van der Waals surface area (Å²) >= 11 is 0. The topological polar surface area (TPSA) is 78.9 Å². The number of rotatable bonds is 55. The van der Waals surface area contributed by atoms with Crippen molar-refractivity contribution >= 4 is 17.9 Å². The minimum absolute atomic E-state index is 0.0978. The summed E-state index contributed by atoms with van der Waals surface area (Å²) in [7, 11) is 0. The fourth-order valence-electron chi connectivity index (χ4n) is 8.16. The molecule has 0 heterocycles. The highest BCUT2D eigenvalue weighted by molar-refractivity contribution is 5.71. The Morgan fingerprint density at radius 1 is 0.273 bits per heavy atom. The minimum atomic E-state index is -0.802. The number of hydrogen-bond donors (Lipinski definition) is 0. The van der Waals surface area contributed by atoms with Crippen molar-refractivity contribution in [1.29, 1.82) is 0 Å². The summed E-state index contributed by atoms with van der Waals surface area (Å²) in [6.45, 7) is 6.34. The molecule has 0 aliphatic heterocycles. The van der Waals surface area contributed by atoms with E-state index < -0.39 is 6.10 Å². The predicted molar refractivity (Wildman–Crippen MR) is 334 cm³/mol. The van der Waals surface area contributed by atoms with Crippen LogP contribution in [-0.4, -0.2) is 37.2 Å². The maximum atomic E-state index is 12.9. The van der Waals surface area contributed by atoms with Crippen LogP contribution in [0.3, 0.4) is 0 Å². The Kier molecular flexibility index (Phi) is 59.9. The van der Waals surface area contributed by atoms with Crippen molar-refractivity contribution < 1.29 is 28.6 Å². The van der Waals surface area contributed by atoms with Crippen molar-refractivity contribution in [2.45, 2.75) is 271 Å². The van der Waals surface area contributed by atoms with Crippen molar-refractivity contribution in [3.8, 4) is 0 Å². The van der Waals surface area contributed by atoms with E-state index in [2.05, 4.69) is 167 Å². The van der Waals surface area contributed by atoms with Crippen LogP contribution in [-0.2, 0) is 28.6 Å². The maximum Gasteiger partial charge on any atom is 0.306 e. The Morgan fingerprint density at radius 3 is 0.805 bits per heavy atom. The van der Waals surface area contributed by atoms with Crippen LogP contribution in [0.4, 0.5) is 0 Å². The molecule has 0 spiro atoms. The van der Waals surface area contributed by atoms with Gasteiger partial charge in [-0.25, -0.2) is 0 Å². The summed E-state index contributed by atoms with van der Waals surface area (Å²) in [5.74, 6) is -0.937. The van der Waals surface area contributed by atoms with E-state index in [0.717, 1.165) is 167 Å². The molecule has 0 bridgehead atoms. The molecule has 6 heteroatoms. The van der Waals surface area contributed by atoms with Crippen LogP contribution in [0.15, 0.2) is 146 Å². The number of esters is 3. The Morgan fingerprint density at radius 2 is 0.506 bits per heavy atom. The van der Waals surface area contributed by atoms with Gasteiger partial charge >= 0.3 is 17.9 Å². The number of carbonyl (C=O) groups is 3. The lowest BCUT2D eigenvalue weighted by atomic mass is 10.1. The maximum absolute atomic E-state index is 12.9. The summed E-state index contributed by atoms with van der Waals surface area (Å²) in [4.78, 5) is 38.2. The van der Waals surface area contributed by atoms with Crippen LogP contribution in [0.5, 0.6) is 0 Å². The van der Waals surface area contributed by atoms with Gasteiger partial charge in [0.15, 0.2) is 6.10 Å². The molecule has 0 fully saturated rings. The standard InChI is InChI=1S/C71H114O6/c1-4-7-10-13-16-19-22-24-26-28-30-32-33-34-35-36-37-39-40-42-44-46-49-52-55-58-61-64-70(73)76-67-68(66-75-69(72)63-60-57-54-51-48-21-18-15-12-9-6-3)77-71(74)65-62-59-56-53-50-47-45-43-41-38-31-29-27-25-23-20-17-14-11-8-5-2/h7-8,10-11,15-20,24-27,30-32,34-35,37-39,43,45,68H,4-6,9,12-14,21-23,28-29,33,36,40-42,44,46-67H2,1-3H3/b10-7-,11-8-,18-15-,19-16-,20-17-,26-24-,27-25-,32-30-,35-34-,38-31-,39-37-,45-43-. The van der Waals surface area contributed by atoms with Gasteiger partial charge < -0.3 is 14.2 Å². The molecule has 1 atom stereocenters. The third-order valence-electron chi connectivity index (χ3n) is 12.8. The lowest BCUT2D eigenvalue weighted by Gasteiger charge is -2.18. The summed E-state index contributed by atoms with van der Waals surface area (Å²) < 4.78 is 16.9. The summed E-state index contributed by atoms with van der Waals surface area (Å²) in [5, 5.41) is 0. The van der Waals surface area contributed by atoms with Gasteiger partial charge in [0, 0.05) is 19.3 Å². The van der Waals surface area contributed by atoms with Gasteiger partial charge in [-0.2, -0.15) is 0 Å². The number of unbranched alkanes of at least 4 members (excludes halogenated alkanes) is 20. The average molecular weight is 1060 g/mol. The second-order valence-corrected chi connectivity index (χ2v) is 20.2. The first-order valence-electron chi connectivity index (χ1n) is 31.3. The van der Waals surface area contributed by atoms with Gasteiger partial charge in [-0.15, -0.1) is 0 Å². The fourth-order valence-corrected chi connectivity index (χ4v) is 8.16. The molecule has 0 radical (unpaired) electrons. The van der Waals surface area contributed by atoms with E-state index >= 15 is 0 Å². The quantitative estimate of drug-likeness (QED) is 0.0261. The molecule has 0 saturated heterocycles. The van der Waals surface area contributed by atoms with E-state index in [1.54, 1.807) is 0 Å². The van der Waals surface area contributed by atoms with Crippen molar-refractivity contribution in [1.82, 2.24) is 0 Å². The molecule has 434 valence electrons. The second kappa shape index (κ2) is 63.8. The van der Waals surface area contributed by atoms with Crippen LogP contribution < -0.4 is 0 Å². The first-order chi connectivity index (χ1) is 38.0. The lowest BCUT2D eigenvalue weighted by Crippen LogP contribution is -2.30. The van der Waals surface area contributed by atoms with E-state index in [4.69, 9.17) is 14.2 Å². The zero-order valence-electron chi connectivity index (χ0n) is 49.7. The molecule has 0 aromatic rings. The van der Waals surface area contributed by atoms with Gasteiger partial charge in [-0.1, -0.05) is 256 Å². The van der Waals surface area contributed by atoms with Gasteiger partial charge in [0.25, 0.3) is 0 Å². The predicted octanol–water partition coefficient (Wildman–Crippen LogP) is 21.5. The number of ether oxygens (including phenoxy) is 3. The first-order valence-corrected chi connectivity index (χ1v) is 31.3. The van der Waals surface area contributed by atoms with Crippen LogP contribution in [0.2, 0.25) is 0 Å². The van der Waals surface area contributed by atoms with Crippen LogP contribution in [0.1, 0.15) is 265 Å². The molecule has 1 unspecified atom stereocenters. The molecule has 0 aromatic heterocycles. The Hall–Kier alpha value is -4.71. The largest absolute Gasteiger partial charge is 0.462 e. The first kappa shape index (κ1) is 72.3. The monoisotopic (exact) mass is 1060 g/mol. The van der Waals surface area contributed by atoms with Crippen LogP contribution in [0.25, 0.3) is 0 Å². The molecule has 0 amide bonds. The second-order valence-electron chi connectivity index (χ2n) is 20.2. The smallest absolute Gasteiger partial charge is 0.306 e. The Bertz CT molecular complexity index is 1700. The van der Waals surface area contributed by atoms with Crippen molar-refractivity contribution in [2.24, 2.45) is 0 Å². The van der Waals surface area contributed by atoms with Gasteiger partial charge in [0.2, 0.25) is 0 Å². The summed E-state index contributed by atoms with van der Waals surface area (Å²) in [6, 6.07) is 0. The highest BCUT2D eigenvalue weighted by Crippen LogP contribution is 2.14. The van der Waals surface area contributed by atoms with Gasteiger partial charge in [-0.3, -0.25) is 14.4 Å². The molecule has 0 saturated carbocycles.